The summed E-state index contributed by atoms with van der Waals surface area (Å²) in [5.74, 6) is 0.125. The van der Waals surface area contributed by atoms with Crippen LogP contribution in [0.15, 0.2) is 11.1 Å². The number of hydrogen-bond donors (Lipinski definition) is 0. The molecule has 2 heteroatoms. The molecule has 0 spiro atoms. The molecule has 0 aromatic heterocycles. The van der Waals surface area contributed by atoms with Gasteiger partial charge in [0.25, 0.3) is 0 Å². The van der Waals surface area contributed by atoms with Crippen LogP contribution in [0.3, 0.4) is 0 Å². The lowest BCUT2D eigenvalue weighted by atomic mass is 9.61. The average Bonchev–Trinajstić information content (AvgIpc) is 2.73. The molecule has 0 bridgehead atoms. The van der Waals surface area contributed by atoms with Crippen molar-refractivity contribution in [2.75, 3.05) is 0 Å². The predicted octanol–water partition coefficient (Wildman–Crippen LogP) is 4.30. The third-order valence-electron chi connectivity index (χ3n) is 5.82. The van der Waals surface area contributed by atoms with E-state index in [2.05, 4.69) is 34.6 Å². The van der Waals surface area contributed by atoms with Crippen molar-refractivity contribution in [3.8, 4) is 0 Å². The van der Waals surface area contributed by atoms with Gasteiger partial charge in [-0.3, -0.25) is 0 Å². The minimum absolute atomic E-state index is 0.138. The summed E-state index contributed by atoms with van der Waals surface area (Å²) < 4.78 is 12.5. The first kappa shape index (κ1) is 13.6. The Morgan fingerprint density at radius 1 is 1.00 bits per heavy atom. The lowest BCUT2D eigenvalue weighted by molar-refractivity contribution is -0.156. The summed E-state index contributed by atoms with van der Waals surface area (Å²) in [5, 5.41) is 0. The summed E-state index contributed by atoms with van der Waals surface area (Å²) in [4.78, 5) is 0. The van der Waals surface area contributed by atoms with Crippen molar-refractivity contribution in [1.29, 1.82) is 0 Å². The van der Waals surface area contributed by atoms with E-state index in [0.717, 1.165) is 0 Å². The van der Waals surface area contributed by atoms with E-state index in [1.54, 1.807) is 11.1 Å². The Bertz CT molecular complexity index is 442. The third kappa shape index (κ3) is 1.76. The molecular weight excluding hydrogens is 236 g/mol. The van der Waals surface area contributed by atoms with Crippen molar-refractivity contribution in [2.24, 2.45) is 16.7 Å². The fourth-order valence-electron chi connectivity index (χ4n) is 4.49. The molecule has 0 saturated carbocycles. The standard InChI is InChI=1S/C17H28O2/c1-10-12-11(8-9-15(12,2)3)13-14(16(10,4)5)19-17(6,7)18-13/h10,13-14H,8-9H2,1-7H3. The minimum Gasteiger partial charge on any atom is -0.344 e. The van der Waals surface area contributed by atoms with Crippen LogP contribution < -0.4 is 0 Å². The van der Waals surface area contributed by atoms with Crippen LogP contribution in [0.2, 0.25) is 0 Å². The van der Waals surface area contributed by atoms with Crippen molar-refractivity contribution in [2.45, 2.75) is 79.3 Å². The average molecular weight is 264 g/mol. The molecule has 1 aliphatic heterocycles. The highest BCUT2D eigenvalue weighted by molar-refractivity contribution is 5.38. The van der Waals surface area contributed by atoms with Gasteiger partial charge in [0, 0.05) is 5.41 Å². The topological polar surface area (TPSA) is 18.5 Å². The Kier molecular flexibility index (Phi) is 2.62. The Balaban J connectivity index is 2.12. The van der Waals surface area contributed by atoms with E-state index < -0.39 is 5.79 Å². The second-order valence-corrected chi connectivity index (χ2v) is 8.34. The largest absolute Gasteiger partial charge is 0.344 e. The molecule has 1 saturated heterocycles. The molecule has 0 amide bonds. The van der Waals surface area contributed by atoms with E-state index in [1.165, 1.54) is 12.8 Å². The summed E-state index contributed by atoms with van der Waals surface area (Å²) in [7, 11) is 0. The fraction of sp³-hybridized carbons (Fsp3) is 0.882. The van der Waals surface area contributed by atoms with Crippen LogP contribution in [-0.2, 0) is 9.47 Å². The second kappa shape index (κ2) is 3.65. The third-order valence-corrected chi connectivity index (χ3v) is 5.82. The van der Waals surface area contributed by atoms with Gasteiger partial charge in [-0.25, -0.2) is 0 Å². The maximum absolute atomic E-state index is 6.26. The summed E-state index contributed by atoms with van der Waals surface area (Å²) in [5.41, 5.74) is 3.67. The van der Waals surface area contributed by atoms with Gasteiger partial charge in [-0.05, 0) is 43.6 Å². The van der Waals surface area contributed by atoms with Crippen LogP contribution >= 0.6 is 0 Å². The van der Waals surface area contributed by atoms with Gasteiger partial charge in [0.15, 0.2) is 5.79 Å². The van der Waals surface area contributed by atoms with E-state index in [1.807, 2.05) is 13.8 Å². The summed E-state index contributed by atoms with van der Waals surface area (Å²) in [6.45, 7) is 16.0. The second-order valence-electron chi connectivity index (χ2n) is 8.34. The van der Waals surface area contributed by atoms with Gasteiger partial charge in [-0.2, -0.15) is 0 Å². The molecular formula is C17H28O2. The lowest BCUT2D eigenvalue weighted by Crippen LogP contribution is -2.48. The van der Waals surface area contributed by atoms with Crippen molar-refractivity contribution in [3.05, 3.63) is 11.1 Å². The number of ether oxygens (including phenoxy) is 2. The lowest BCUT2D eigenvalue weighted by Gasteiger charge is -2.47. The predicted molar refractivity (Wildman–Crippen MR) is 76.8 cm³/mol. The van der Waals surface area contributed by atoms with Gasteiger partial charge in [-0.1, -0.05) is 40.2 Å². The molecule has 3 aliphatic rings. The molecule has 1 heterocycles. The van der Waals surface area contributed by atoms with E-state index in [0.29, 0.717) is 11.3 Å². The van der Waals surface area contributed by atoms with Gasteiger partial charge in [0.2, 0.25) is 0 Å². The molecule has 0 radical (unpaired) electrons. The first-order valence-electron chi connectivity index (χ1n) is 7.65. The molecule has 2 aliphatic carbocycles. The van der Waals surface area contributed by atoms with E-state index in [4.69, 9.17) is 9.47 Å². The molecule has 1 fully saturated rings. The van der Waals surface area contributed by atoms with E-state index in [9.17, 15) is 0 Å². The summed E-state index contributed by atoms with van der Waals surface area (Å²) in [6, 6.07) is 0. The Labute approximate surface area is 117 Å². The highest BCUT2D eigenvalue weighted by atomic mass is 16.8. The molecule has 0 aromatic carbocycles. The highest BCUT2D eigenvalue weighted by Gasteiger charge is 2.58. The zero-order chi connectivity index (χ0) is 14.2. The Morgan fingerprint density at radius 2 is 1.63 bits per heavy atom. The van der Waals surface area contributed by atoms with E-state index >= 15 is 0 Å². The fourth-order valence-corrected chi connectivity index (χ4v) is 4.49. The Hall–Kier alpha value is -0.340. The maximum atomic E-state index is 6.26. The summed E-state index contributed by atoms with van der Waals surface area (Å²) in [6.07, 6.45) is 2.82. The van der Waals surface area contributed by atoms with Gasteiger partial charge in [-0.15, -0.1) is 0 Å². The van der Waals surface area contributed by atoms with Gasteiger partial charge in [0.05, 0.1) is 6.10 Å². The zero-order valence-corrected chi connectivity index (χ0v) is 13.5. The minimum atomic E-state index is -0.443. The van der Waals surface area contributed by atoms with Crippen LogP contribution in [0.5, 0.6) is 0 Å². The quantitative estimate of drug-likeness (QED) is 0.607. The SMILES string of the molecule is CC1C2=C(CCC2(C)C)C2OC(C)(C)OC2C1(C)C. The molecule has 3 rings (SSSR count). The van der Waals surface area contributed by atoms with Crippen LogP contribution in [0.4, 0.5) is 0 Å². The van der Waals surface area contributed by atoms with Crippen molar-refractivity contribution >= 4 is 0 Å². The number of allylic oxidation sites excluding steroid dienone is 1. The molecule has 0 N–H and O–H groups in total. The van der Waals surface area contributed by atoms with Crippen LogP contribution in [0, 0.1) is 16.7 Å². The van der Waals surface area contributed by atoms with Crippen LogP contribution in [-0.4, -0.2) is 18.0 Å². The molecule has 3 atom stereocenters. The molecule has 0 aromatic rings. The molecule has 2 nitrogen and oxygen atoms in total. The zero-order valence-electron chi connectivity index (χ0n) is 13.5. The van der Waals surface area contributed by atoms with Gasteiger partial charge < -0.3 is 9.47 Å². The van der Waals surface area contributed by atoms with Gasteiger partial charge in [0.1, 0.15) is 6.10 Å². The first-order valence-corrected chi connectivity index (χ1v) is 7.65. The first-order chi connectivity index (χ1) is 8.56. The molecule has 19 heavy (non-hydrogen) atoms. The van der Waals surface area contributed by atoms with Gasteiger partial charge >= 0.3 is 0 Å². The molecule has 108 valence electrons. The Morgan fingerprint density at radius 3 is 2.26 bits per heavy atom. The number of hydrogen-bond acceptors (Lipinski definition) is 2. The highest BCUT2D eigenvalue weighted by Crippen LogP contribution is 2.59. The van der Waals surface area contributed by atoms with Crippen molar-refractivity contribution < 1.29 is 9.47 Å². The van der Waals surface area contributed by atoms with Crippen LogP contribution in [0.1, 0.15) is 61.3 Å². The van der Waals surface area contributed by atoms with Crippen molar-refractivity contribution in [1.82, 2.24) is 0 Å². The number of rotatable bonds is 0. The smallest absolute Gasteiger partial charge is 0.164 e. The van der Waals surface area contributed by atoms with Crippen molar-refractivity contribution in [3.63, 3.8) is 0 Å². The van der Waals surface area contributed by atoms with E-state index in [-0.39, 0.29) is 17.6 Å². The van der Waals surface area contributed by atoms with Crippen LogP contribution in [0.25, 0.3) is 0 Å². The number of fused-ring (bicyclic) bond motifs is 2. The summed E-state index contributed by atoms with van der Waals surface area (Å²) >= 11 is 0. The monoisotopic (exact) mass is 264 g/mol. The normalized spacial score (nSPS) is 42.2. The molecule has 3 unspecified atom stereocenters. The maximum Gasteiger partial charge on any atom is 0.164 e.